The van der Waals surface area contributed by atoms with Crippen LogP contribution in [0.15, 0.2) is 12.1 Å². The minimum atomic E-state index is -1.40. The number of nitrogen functional groups attached to an aromatic ring is 1. The number of benzene rings is 1. The molecule has 0 saturated carbocycles. The molecule has 1 aromatic carbocycles. The normalized spacial score (nSPS) is 14.4. The Hall–Kier alpha value is -2.81. The van der Waals surface area contributed by atoms with Crippen molar-refractivity contribution in [3.8, 4) is 5.75 Å². The highest BCUT2D eigenvalue weighted by atomic mass is 16.4. The maximum Gasteiger partial charge on any atom is 0.326 e. The summed E-state index contributed by atoms with van der Waals surface area (Å²) in [4.78, 5) is 36.0. The Labute approximate surface area is 151 Å². The van der Waals surface area contributed by atoms with E-state index in [2.05, 4.69) is 10.6 Å². The molecule has 0 spiro atoms. The second kappa shape index (κ2) is 8.52. The van der Waals surface area contributed by atoms with Crippen molar-refractivity contribution in [3.63, 3.8) is 0 Å². The third-order valence-electron chi connectivity index (χ3n) is 3.95. The van der Waals surface area contributed by atoms with Gasteiger partial charge in [-0.3, -0.25) is 9.59 Å². The lowest BCUT2D eigenvalue weighted by atomic mass is 10.0. The number of hydrogen-bond acceptors (Lipinski definition) is 6. The van der Waals surface area contributed by atoms with E-state index in [9.17, 15) is 24.6 Å². The first-order valence-corrected chi connectivity index (χ1v) is 8.07. The lowest BCUT2D eigenvalue weighted by molar-refractivity contribution is -0.143. The molecule has 9 nitrogen and oxygen atoms in total. The molecule has 0 aliphatic heterocycles. The standard InChI is InChI=1S/C17H25N3O6/c1-7(2)12(17(25)26)19-16(24)13(9(4)21)20-15(23)10-6-5-8(3)14(22)11(10)18/h5-7,9,12-13,21-22H,18H2,1-4H3,(H,19,24)(H,20,23)(H,25,26). The highest BCUT2D eigenvalue weighted by Crippen LogP contribution is 2.27. The number of rotatable bonds is 7. The van der Waals surface area contributed by atoms with E-state index in [4.69, 9.17) is 10.8 Å². The van der Waals surface area contributed by atoms with Gasteiger partial charge in [-0.1, -0.05) is 19.9 Å². The highest BCUT2D eigenvalue weighted by molar-refractivity contribution is 6.03. The molecular formula is C17H25N3O6. The predicted molar refractivity (Wildman–Crippen MR) is 94.6 cm³/mol. The number of amides is 2. The largest absolute Gasteiger partial charge is 0.505 e. The summed E-state index contributed by atoms with van der Waals surface area (Å²) in [7, 11) is 0. The Bertz CT molecular complexity index is 702. The van der Waals surface area contributed by atoms with Crippen LogP contribution in [0.5, 0.6) is 5.75 Å². The van der Waals surface area contributed by atoms with Gasteiger partial charge in [0.05, 0.1) is 17.4 Å². The van der Waals surface area contributed by atoms with Crippen LogP contribution in [0.1, 0.15) is 36.7 Å². The number of hydrogen-bond donors (Lipinski definition) is 6. The molecule has 0 fully saturated rings. The van der Waals surface area contributed by atoms with Crippen molar-refractivity contribution in [2.24, 2.45) is 5.92 Å². The zero-order valence-electron chi connectivity index (χ0n) is 15.1. The molecule has 9 heteroatoms. The number of carbonyl (C=O) groups excluding carboxylic acids is 2. The van der Waals surface area contributed by atoms with E-state index in [0.29, 0.717) is 5.56 Å². The molecule has 0 aliphatic rings. The second-order valence-electron chi connectivity index (χ2n) is 6.45. The molecule has 3 atom stereocenters. The third-order valence-corrected chi connectivity index (χ3v) is 3.95. The average Bonchev–Trinajstić information content (AvgIpc) is 2.54. The fraction of sp³-hybridized carbons (Fsp3) is 0.471. The molecule has 0 heterocycles. The van der Waals surface area contributed by atoms with Gasteiger partial charge >= 0.3 is 5.97 Å². The summed E-state index contributed by atoms with van der Waals surface area (Å²) < 4.78 is 0. The fourth-order valence-corrected chi connectivity index (χ4v) is 2.30. The molecule has 1 aromatic rings. The Morgan fingerprint density at radius 1 is 1.08 bits per heavy atom. The van der Waals surface area contributed by atoms with Gasteiger partial charge < -0.3 is 31.7 Å². The molecule has 0 saturated heterocycles. The Balaban J connectivity index is 3.01. The van der Waals surface area contributed by atoms with Crippen molar-refractivity contribution in [1.29, 1.82) is 0 Å². The van der Waals surface area contributed by atoms with Gasteiger partial charge in [0.2, 0.25) is 5.91 Å². The number of phenols is 1. The highest BCUT2D eigenvalue weighted by Gasteiger charge is 2.31. The van der Waals surface area contributed by atoms with Crippen LogP contribution in [0.3, 0.4) is 0 Å². The van der Waals surface area contributed by atoms with Crippen LogP contribution in [-0.4, -0.2) is 51.3 Å². The number of anilines is 1. The van der Waals surface area contributed by atoms with Crippen LogP contribution >= 0.6 is 0 Å². The number of phenolic OH excluding ortho intramolecular Hbond substituents is 1. The molecule has 0 bridgehead atoms. The molecular weight excluding hydrogens is 342 g/mol. The summed E-state index contributed by atoms with van der Waals surface area (Å²) in [6.07, 6.45) is -1.29. The molecule has 7 N–H and O–H groups in total. The quantitative estimate of drug-likeness (QED) is 0.291. The van der Waals surface area contributed by atoms with Crippen LogP contribution in [-0.2, 0) is 9.59 Å². The summed E-state index contributed by atoms with van der Waals surface area (Å²) in [5, 5.41) is 33.4. The Kier molecular flexibility index (Phi) is 6.96. The molecule has 1 rings (SSSR count). The summed E-state index contributed by atoms with van der Waals surface area (Å²) in [5.74, 6) is -3.50. The lowest BCUT2D eigenvalue weighted by Crippen LogP contribution is -2.56. The van der Waals surface area contributed by atoms with Crippen molar-refractivity contribution in [1.82, 2.24) is 10.6 Å². The third kappa shape index (κ3) is 4.85. The second-order valence-corrected chi connectivity index (χ2v) is 6.45. The smallest absolute Gasteiger partial charge is 0.326 e. The van der Waals surface area contributed by atoms with Crippen molar-refractivity contribution < 1.29 is 29.7 Å². The van der Waals surface area contributed by atoms with Gasteiger partial charge in [0.25, 0.3) is 5.91 Å². The lowest BCUT2D eigenvalue weighted by Gasteiger charge is -2.25. The van der Waals surface area contributed by atoms with E-state index in [1.54, 1.807) is 20.8 Å². The van der Waals surface area contributed by atoms with Crippen molar-refractivity contribution in [2.45, 2.75) is 45.9 Å². The number of carbonyl (C=O) groups is 3. The van der Waals surface area contributed by atoms with Gasteiger partial charge in [-0.15, -0.1) is 0 Å². The van der Waals surface area contributed by atoms with Crippen LogP contribution < -0.4 is 16.4 Å². The van der Waals surface area contributed by atoms with Gasteiger partial charge in [0.1, 0.15) is 17.8 Å². The first kappa shape index (κ1) is 21.2. The van der Waals surface area contributed by atoms with E-state index < -0.39 is 41.9 Å². The van der Waals surface area contributed by atoms with Gasteiger partial charge in [-0.25, -0.2) is 4.79 Å². The summed E-state index contributed by atoms with van der Waals surface area (Å²) in [6.45, 7) is 6.12. The van der Waals surface area contributed by atoms with Crippen LogP contribution in [0.4, 0.5) is 5.69 Å². The molecule has 2 amide bonds. The van der Waals surface area contributed by atoms with Gasteiger partial charge in [-0.05, 0) is 31.4 Å². The molecule has 0 aromatic heterocycles. The van der Waals surface area contributed by atoms with E-state index in [1.807, 2.05) is 0 Å². The van der Waals surface area contributed by atoms with Crippen molar-refractivity contribution in [3.05, 3.63) is 23.3 Å². The maximum absolute atomic E-state index is 12.4. The molecule has 0 aliphatic carbocycles. The summed E-state index contributed by atoms with van der Waals surface area (Å²) >= 11 is 0. The van der Waals surface area contributed by atoms with E-state index >= 15 is 0 Å². The maximum atomic E-state index is 12.4. The zero-order valence-corrected chi connectivity index (χ0v) is 15.1. The van der Waals surface area contributed by atoms with E-state index in [1.165, 1.54) is 19.1 Å². The van der Waals surface area contributed by atoms with Crippen LogP contribution in [0.2, 0.25) is 0 Å². The first-order chi connectivity index (χ1) is 12.0. The monoisotopic (exact) mass is 367 g/mol. The number of carboxylic acid groups (broad SMARTS) is 1. The number of aromatic hydroxyl groups is 1. The number of nitrogens with one attached hydrogen (secondary N) is 2. The predicted octanol–water partition coefficient (Wildman–Crippen LogP) is -0.0126. The number of aliphatic carboxylic acids is 1. The first-order valence-electron chi connectivity index (χ1n) is 8.07. The number of aliphatic hydroxyl groups excluding tert-OH is 1. The number of aliphatic hydroxyl groups is 1. The number of aryl methyl sites for hydroxylation is 1. The number of carboxylic acids is 1. The van der Waals surface area contributed by atoms with E-state index in [-0.39, 0.29) is 17.0 Å². The molecule has 0 radical (unpaired) electrons. The average molecular weight is 367 g/mol. The summed E-state index contributed by atoms with van der Waals surface area (Å²) in [5.41, 5.74) is 5.98. The zero-order chi connectivity index (χ0) is 20.2. The van der Waals surface area contributed by atoms with E-state index in [0.717, 1.165) is 0 Å². The van der Waals surface area contributed by atoms with Gasteiger partial charge in [-0.2, -0.15) is 0 Å². The van der Waals surface area contributed by atoms with Crippen LogP contribution in [0.25, 0.3) is 0 Å². The molecule has 144 valence electrons. The Morgan fingerprint density at radius 2 is 1.65 bits per heavy atom. The number of nitrogens with two attached hydrogens (primary N) is 1. The Morgan fingerprint density at radius 3 is 2.12 bits per heavy atom. The molecule has 26 heavy (non-hydrogen) atoms. The fourth-order valence-electron chi connectivity index (χ4n) is 2.30. The van der Waals surface area contributed by atoms with Crippen molar-refractivity contribution >= 4 is 23.5 Å². The molecule has 3 unspecified atom stereocenters. The van der Waals surface area contributed by atoms with Gasteiger partial charge in [0.15, 0.2) is 0 Å². The minimum Gasteiger partial charge on any atom is -0.505 e. The van der Waals surface area contributed by atoms with Crippen LogP contribution in [0, 0.1) is 12.8 Å². The van der Waals surface area contributed by atoms with Crippen molar-refractivity contribution in [2.75, 3.05) is 5.73 Å². The summed E-state index contributed by atoms with van der Waals surface area (Å²) in [6, 6.07) is 0.294. The van der Waals surface area contributed by atoms with Gasteiger partial charge in [0, 0.05) is 0 Å². The SMILES string of the molecule is Cc1ccc(C(=O)NC(C(=O)NC(C(=O)O)C(C)C)C(C)O)c(N)c1O. The topological polar surface area (TPSA) is 162 Å². The minimum absolute atomic E-state index is 0.0646.